The smallest absolute Gasteiger partial charge is 0.358 e. The molecule has 12 nitrogen and oxygen atoms in total. The highest BCUT2D eigenvalue weighted by molar-refractivity contribution is 6.33. The minimum atomic E-state index is -0.727. The topological polar surface area (TPSA) is 158 Å². The third kappa shape index (κ3) is 5.35. The van der Waals surface area contributed by atoms with E-state index in [1.54, 1.807) is 24.3 Å². The first kappa shape index (κ1) is 22.2. The van der Waals surface area contributed by atoms with Gasteiger partial charge in [-0.05, 0) is 36.1 Å². The van der Waals surface area contributed by atoms with Crippen LogP contribution in [0.4, 0.5) is 5.82 Å². The zero-order valence-corrected chi connectivity index (χ0v) is 17.5. The number of nitrogens with zero attached hydrogens (tertiary/aromatic N) is 5. The van der Waals surface area contributed by atoms with Gasteiger partial charge in [0.25, 0.3) is 0 Å². The Labute approximate surface area is 184 Å². The van der Waals surface area contributed by atoms with E-state index in [1.165, 1.54) is 6.92 Å². The third-order valence-corrected chi connectivity index (χ3v) is 4.73. The summed E-state index contributed by atoms with van der Waals surface area (Å²) in [6.45, 7) is 1.43. The number of aromatic nitrogens is 4. The molecule has 2 N–H and O–H groups in total. The van der Waals surface area contributed by atoms with Crippen LogP contribution in [0.25, 0.3) is 11.4 Å². The van der Waals surface area contributed by atoms with Crippen LogP contribution in [-0.2, 0) is 11.3 Å². The van der Waals surface area contributed by atoms with Crippen molar-refractivity contribution in [2.75, 3.05) is 13.1 Å². The largest absolute Gasteiger partial charge is 0.408 e. The van der Waals surface area contributed by atoms with E-state index in [0.717, 1.165) is 4.68 Å². The minimum Gasteiger partial charge on any atom is -0.358 e. The van der Waals surface area contributed by atoms with E-state index in [4.69, 9.17) is 27.7 Å². The lowest BCUT2D eigenvalue weighted by Gasteiger charge is -2.05. The second kappa shape index (κ2) is 9.53. The number of rotatable bonds is 8. The average Bonchev–Trinajstić information content (AvgIpc) is 3.33. The predicted octanol–water partition coefficient (Wildman–Crippen LogP) is 2.00. The predicted molar refractivity (Wildman–Crippen MR) is 109 cm³/mol. The van der Waals surface area contributed by atoms with Crippen LogP contribution in [0.2, 0.25) is 10.0 Å². The summed E-state index contributed by atoms with van der Waals surface area (Å²) in [6.07, 6.45) is 0. The Kier molecular flexibility index (Phi) is 6.82. The summed E-state index contributed by atoms with van der Waals surface area (Å²) in [4.78, 5) is 38.2. The molecule has 0 fully saturated rings. The van der Waals surface area contributed by atoms with E-state index in [9.17, 15) is 19.7 Å². The van der Waals surface area contributed by atoms with Crippen molar-refractivity contribution in [3.05, 3.63) is 56.0 Å². The number of carbonyl (C=O) groups is 2. The van der Waals surface area contributed by atoms with Crippen molar-refractivity contribution < 1.29 is 19.0 Å². The van der Waals surface area contributed by atoms with E-state index in [2.05, 4.69) is 25.9 Å². The number of halogens is 2. The molecule has 14 heteroatoms. The quantitative estimate of drug-likeness (QED) is 0.289. The molecule has 162 valence electrons. The first-order valence-electron chi connectivity index (χ1n) is 8.78. The van der Waals surface area contributed by atoms with Crippen molar-refractivity contribution in [1.29, 1.82) is 0 Å². The van der Waals surface area contributed by atoms with Gasteiger partial charge >= 0.3 is 17.6 Å². The second-order valence-electron chi connectivity index (χ2n) is 6.17. The van der Waals surface area contributed by atoms with Gasteiger partial charge in [0.1, 0.15) is 6.54 Å². The van der Waals surface area contributed by atoms with Crippen LogP contribution in [0.1, 0.15) is 16.4 Å². The molecule has 0 radical (unpaired) electrons. The lowest BCUT2D eigenvalue weighted by molar-refractivity contribution is -0.389. The van der Waals surface area contributed by atoms with Gasteiger partial charge in [0.15, 0.2) is 5.02 Å². The number of amides is 2. The fraction of sp³-hybridized carbons (Fsp3) is 0.235. The molecule has 2 heterocycles. The van der Waals surface area contributed by atoms with Gasteiger partial charge in [0.2, 0.25) is 11.7 Å². The monoisotopic (exact) mass is 467 g/mol. The fourth-order valence-corrected chi connectivity index (χ4v) is 2.79. The van der Waals surface area contributed by atoms with Crippen LogP contribution in [0, 0.1) is 17.0 Å². The van der Waals surface area contributed by atoms with Gasteiger partial charge in [-0.15, -0.1) is 0 Å². The van der Waals surface area contributed by atoms with E-state index in [1.807, 2.05) is 0 Å². The van der Waals surface area contributed by atoms with Gasteiger partial charge in [-0.1, -0.05) is 28.4 Å². The van der Waals surface area contributed by atoms with E-state index >= 15 is 0 Å². The fourth-order valence-electron chi connectivity index (χ4n) is 2.46. The normalized spacial score (nSPS) is 10.7. The Morgan fingerprint density at radius 2 is 1.87 bits per heavy atom. The molecule has 31 heavy (non-hydrogen) atoms. The molecular weight excluding hydrogens is 453 g/mol. The van der Waals surface area contributed by atoms with Crippen molar-refractivity contribution in [3.63, 3.8) is 0 Å². The minimum absolute atomic E-state index is 0.0855. The molecule has 0 saturated carbocycles. The lowest BCUT2D eigenvalue weighted by atomic mass is 10.2. The molecule has 0 aliphatic heterocycles. The van der Waals surface area contributed by atoms with Crippen LogP contribution < -0.4 is 10.6 Å². The Bertz CT molecular complexity index is 1130. The molecule has 2 amide bonds. The average molecular weight is 468 g/mol. The molecule has 2 aromatic heterocycles. The van der Waals surface area contributed by atoms with E-state index in [-0.39, 0.29) is 36.4 Å². The summed E-state index contributed by atoms with van der Waals surface area (Å²) in [7, 11) is 0. The van der Waals surface area contributed by atoms with Gasteiger partial charge in [-0.25, -0.2) is 0 Å². The first-order chi connectivity index (χ1) is 14.8. The maximum atomic E-state index is 12.1. The van der Waals surface area contributed by atoms with Gasteiger partial charge in [0, 0.05) is 23.7 Å². The van der Waals surface area contributed by atoms with Crippen LogP contribution in [-0.4, -0.2) is 49.7 Å². The van der Waals surface area contributed by atoms with Crippen molar-refractivity contribution in [3.8, 4) is 11.4 Å². The summed E-state index contributed by atoms with van der Waals surface area (Å²) in [6, 6.07) is 6.69. The number of carbonyl (C=O) groups excluding carboxylic acids is 2. The summed E-state index contributed by atoms with van der Waals surface area (Å²) >= 11 is 11.7. The number of nitro groups is 1. The second-order valence-corrected chi connectivity index (χ2v) is 6.99. The molecule has 0 unspecified atom stereocenters. The Balaban J connectivity index is 1.46. The van der Waals surface area contributed by atoms with Gasteiger partial charge in [-0.2, -0.15) is 9.67 Å². The van der Waals surface area contributed by atoms with Crippen LogP contribution >= 0.6 is 23.2 Å². The van der Waals surface area contributed by atoms with E-state index in [0.29, 0.717) is 16.3 Å². The summed E-state index contributed by atoms with van der Waals surface area (Å²) < 4.78 is 6.07. The molecule has 0 saturated heterocycles. The van der Waals surface area contributed by atoms with Crippen molar-refractivity contribution >= 4 is 40.8 Å². The number of hydrogen-bond acceptors (Lipinski definition) is 8. The van der Waals surface area contributed by atoms with Crippen LogP contribution in [0.15, 0.2) is 28.8 Å². The van der Waals surface area contributed by atoms with Crippen LogP contribution in [0.5, 0.6) is 0 Å². The molecular formula is C17H15Cl2N7O5. The summed E-state index contributed by atoms with van der Waals surface area (Å²) in [5.74, 6) is -1.58. The number of nitrogens with one attached hydrogen (secondary N) is 2. The molecule has 0 bridgehead atoms. The van der Waals surface area contributed by atoms with Crippen LogP contribution in [0.3, 0.4) is 0 Å². The highest BCUT2D eigenvalue weighted by atomic mass is 35.5. The van der Waals surface area contributed by atoms with E-state index < -0.39 is 22.6 Å². The maximum Gasteiger partial charge on any atom is 0.408 e. The Morgan fingerprint density at radius 3 is 2.52 bits per heavy atom. The standard InChI is InChI=1S/C17H15Cl2N7O5/c1-9-13(19)15(26(29)30)23-25(9)8-12(27)20-6-7-21-16(28)17-22-14(24-31-17)10-2-4-11(18)5-3-10/h2-5H,6-8H2,1H3,(H,20,27)(H,21,28). The summed E-state index contributed by atoms with van der Waals surface area (Å²) in [5.41, 5.74) is 0.929. The summed E-state index contributed by atoms with van der Waals surface area (Å²) in [5, 5.41) is 23.8. The van der Waals surface area contributed by atoms with Gasteiger partial charge < -0.3 is 25.3 Å². The maximum absolute atomic E-state index is 12.1. The molecule has 0 spiro atoms. The van der Waals surface area contributed by atoms with Crippen molar-refractivity contribution in [2.24, 2.45) is 0 Å². The molecule has 3 aromatic rings. The van der Waals surface area contributed by atoms with Gasteiger partial charge in [0.05, 0.1) is 10.8 Å². The SMILES string of the molecule is Cc1c(Cl)c([N+](=O)[O-])nn1CC(=O)NCCNC(=O)c1nc(-c2ccc(Cl)cc2)no1. The zero-order valence-electron chi connectivity index (χ0n) is 16.0. The lowest BCUT2D eigenvalue weighted by Crippen LogP contribution is -2.36. The molecule has 3 rings (SSSR count). The number of hydrogen-bond donors (Lipinski definition) is 2. The molecule has 0 aliphatic carbocycles. The zero-order chi connectivity index (χ0) is 22.5. The third-order valence-electron chi connectivity index (χ3n) is 4.04. The molecule has 0 atom stereocenters. The highest BCUT2D eigenvalue weighted by Crippen LogP contribution is 2.26. The van der Waals surface area contributed by atoms with Gasteiger partial charge in [-0.3, -0.25) is 9.59 Å². The highest BCUT2D eigenvalue weighted by Gasteiger charge is 2.25. The molecule has 1 aromatic carbocycles. The Hall–Kier alpha value is -3.51. The van der Waals surface area contributed by atoms with Crippen molar-refractivity contribution in [2.45, 2.75) is 13.5 Å². The number of benzene rings is 1. The van der Waals surface area contributed by atoms with Crippen molar-refractivity contribution in [1.82, 2.24) is 30.6 Å². The molecule has 0 aliphatic rings. The Morgan fingerprint density at radius 1 is 1.19 bits per heavy atom. The first-order valence-corrected chi connectivity index (χ1v) is 9.53.